The highest BCUT2D eigenvalue weighted by Gasteiger charge is 2.31. The van der Waals surface area contributed by atoms with E-state index in [-0.39, 0.29) is 5.75 Å². The van der Waals surface area contributed by atoms with Crippen LogP contribution in [-0.4, -0.2) is 6.36 Å². The molecule has 0 saturated heterocycles. The monoisotopic (exact) mass is 335 g/mol. The zero-order valence-corrected chi connectivity index (χ0v) is 12.0. The first-order valence-electron chi connectivity index (χ1n) is 5.82. The van der Waals surface area contributed by atoms with Gasteiger partial charge in [0.15, 0.2) is 0 Å². The average Bonchev–Trinajstić information content (AvgIpc) is 2.37. The molecule has 0 aromatic heterocycles. The molecule has 0 bridgehead atoms. The fourth-order valence-electron chi connectivity index (χ4n) is 1.81. The zero-order chi connectivity index (χ0) is 15.6. The lowest BCUT2D eigenvalue weighted by Gasteiger charge is -2.15. The maximum absolute atomic E-state index is 12.1. The Bertz CT molecular complexity index is 629. The van der Waals surface area contributed by atoms with Crippen LogP contribution in [0.5, 0.6) is 5.75 Å². The van der Waals surface area contributed by atoms with Crippen LogP contribution in [0.25, 0.3) is 0 Å². The minimum absolute atomic E-state index is 0.305. The quantitative estimate of drug-likeness (QED) is 0.862. The second kappa shape index (κ2) is 6.13. The zero-order valence-electron chi connectivity index (χ0n) is 10.5. The summed E-state index contributed by atoms with van der Waals surface area (Å²) < 4.78 is 40.0. The van der Waals surface area contributed by atoms with E-state index in [0.717, 1.165) is 0 Å². The molecule has 2 aromatic rings. The molecule has 2 nitrogen and oxygen atoms in total. The van der Waals surface area contributed by atoms with Crippen LogP contribution in [0.3, 0.4) is 0 Å². The number of hydrogen-bond donors (Lipinski definition) is 1. The van der Waals surface area contributed by atoms with Crippen LogP contribution < -0.4 is 10.5 Å². The molecule has 2 aromatic carbocycles. The highest BCUT2D eigenvalue weighted by atomic mass is 35.5. The van der Waals surface area contributed by atoms with Crippen LogP contribution in [0.4, 0.5) is 13.2 Å². The van der Waals surface area contributed by atoms with Crippen LogP contribution in [0.15, 0.2) is 42.5 Å². The summed E-state index contributed by atoms with van der Waals surface area (Å²) in [6.45, 7) is 0. The van der Waals surface area contributed by atoms with E-state index in [0.29, 0.717) is 21.2 Å². The predicted molar refractivity (Wildman–Crippen MR) is 75.6 cm³/mol. The average molecular weight is 336 g/mol. The van der Waals surface area contributed by atoms with Gasteiger partial charge in [-0.05, 0) is 35.4 Å². The molecular weight excluding hydrogens is 326 g/mol. The fraction of sp³-hybridized carbons (Fsp3) is 0.143. The Morgan fingerprint density at radius 3 is 2.14 bits per heavy atom. The molecule has 0 aliphatic carbocycles. The Kier molecular flexibility index (Phi) is 4.66. The van der Waals surface area contributed by atoms with E-state index in [1.807, 2.05) is 0 Å². The first-order valence-corrected chi connectivity index (χ1v) is 6.58. The molecule has 2 N–H and O–H groups in total. The van der Waals surface area contributed by atoms with E-state index in [1.54, 1.807) is 18.2 Å². The molecule has 0 radical (unpaired) electrons. The number of halogens is 5. The van der Waals surface area contributed by atoms with Gasteiger partial charge >= 0.3 is 6.36 Å². The molecule has 21 heavy (non-hydrogen) atoms. The summed E-state index contributed by atoms with van der Waals surface area (Å²) in [5.41, 5.74) is 7.29. The fourth-order valence-corrected chi connectivity index (χ4v) is 2.34. The van der Waals surface area contributed by atoms with Gasteiger partial charge < -0.3 is 10.5 Å². The van der Waals surface area contributed by atoms with Gasteiger partial charge in [-0.1, -0.05) is 41.4 Å². The summed E-state index contributed by atoms with van der Waals surface area (Å²) in [4.78, 5) is 0. The number of benzene rings is 2. The predicted octanol–water partition coefficient (Wildman–Crippen LogP) is 4.94. The molecule has 7 heteroatoms. The molecule has 0 unspecified atom stereocenters. The molecule has 112 valence electrons. The SMILES string of the molecule is N[C@H](c1ccc(OC(F)(F)F)cc1)c1ccc(Cl)cc1Cl. The van der Waals surface area contributed by atoms with Crippen molar-refractivity contribution in [1.29, 1.82) is 0 Å². The molecule has 1 atom stereocenters. The number of ether oxygens (including phenoxy) is 1. The molecule has 0 saturated carbocycles. The van der Waals surface area contributed by atoms with Crippen LogP contribution in [0, 0.1) is 0 Å². The van der Waals surface area contributed by atoms with Crippen LogP contribution in [-0.2, 0) is 0 Å². The topological polar surface area (TPSA) is 35.2 Å². The third kappa shape index (κ3) is 4.27. The Balaban J connectivity index is 2.22. The normalized spacial score (nSPS) is 13.0. The second-order valence-corrected chi connectivity index (χ2v) is 5.10. The Labute approximate surface area is 129 Å². The highest BCUT2D eigenvalue weighted by Crippen LogP contribution is 2.30. The summed E-state index contributed by atoms with van der Waals surface area (Å²) >= 11 is 11.9. The van der Waals surface area contributed by atoms with Gasteiger partial charge in [0, 0.05) is 10.0 Å². The molecule has 0 amide bonds. The van der Waals surface area contributed by atoms with Crippen molar-refractivity contribution in [2.24, 2.45) is 5.73 Å². The maximum Gasteiger partial charge on any atom is 0.573 e. The second-order valence-electron chi connectivity index (χ2n) is 4.26. The summed E-state index contributed by atoms with van der Waals surface area (Å²) in [5, 5.41) is 0.871. The van der Waals surface area contributed by atoms with Crippen molar-refractivity contribution >= 4 is 23.2 Å². The number of alkyl halides is 3. The lowest BCUT2D eigenvalue weighted by atomic mass is 9.99. The summed E-state index contributed by atoms with van der Waals surface area (Å²) in [5.74, 6) is -0.305. The van der Waals surface area contributed by atoms with E-state index >= 15 is 0 Å². The molecule has 0 aliphatic rings. The summed E-state index contributed by atoms with van der Waals surface area (Å²) in [6, 6.07) is 9.61. The number of rotatable bonds is 3. The van der Waals surface area contributed by atoms with E-state index < -0.39 is 12.4 Å². The standard InChI is InChI=1S/C14H10Cl2F3NO/c15-9-3-6-11(12(16)7-9)13(20)8-1-4-10(5-2-8)21-14(17,18)19/h1-7,13H,20H2/t13-/m1/s1. The van der Waals surface area contributed by atoms with Gasteiger partial charge in [-0.15, -0.1) is 13.2 Å². The minimum atomic E-state index is -4.72. The third-order valence-corrected chi connectivity index (χ3v) is 3.33. The molecule has 2 rings (SSSR count). The van der Waals surface area contributed by atoms with Crippen molar-refractivity contribution in [3.05, 3.63) is 63.6 Å². The Morgan fingerprint density at radius 1 is 1.00 bits per heavy atom. The van der Waals surface area contributed by atoms with E-state index in [9.17, 15) is 13.2 Å². The number of nitrogens with two attached hydrogens (primary N) is 1. The first-order chi connectivity index (χ1) is 9.76. The lowest BCUT2D eigenvalue weighted by molar-refractivity contribution is -0.274. The van der Waals surface area contributed by atoms with Crippen LogP contribution in [0.2, 0.25) is 10.0 Å². The minimum Gasteiger partial charge on any atom is -0.406 e. The van der Waals surface area contributed by atoms with Crippen molar-refractivity contribution in [2.75, 3.05) is 0 Å². The van der Waals surface area contributed by atoms with Gasteiger partial charge in [0.25, 0.3) is 0 Å². The molecule has 0 aliphatic heterocycles. The number of hydrogen-bond acceptors (Lipinski definition) is 2. The van der Waals surface area contributed by atoms with Gasteiger partial charge in [0.1, 0.15) is 5.75 Å². The molecule has 0 spiro atoms. The maximum atomic E-state index is 12.1. The van der Waals surface area contributed by atoms with Crippen molar-refractivity contribution in [3.8, 4) is 5.75 Å². The van der Waals surface area contributed by atoms with E-state index in [2.05, 4.69) is 4.74 Å². The highest BCUT2D eigenvalue weighted by molar-refractivity contribution is 6.35. The van der Waals surface area contributed by atoms with Crippen molar-refractivity contribution in [2.45, 2.75) is 12.4 Å². The van der Waals surface area contributed by atoms with Gasteiger partial charge in [-0.2, -0.15) is 0 Å². The van der Waals surface area contributed by atoms with Crippen LogP contribution in [0.1, 0.15) is 17.2 Å². The van der Waals surface area contributed by atoms with E-state index in [1.165, 1.54) is 24.3 Å². The van der Waals surface area contributed by atoms with Gasteiger partial charge in [-0.3, -0.25) is 0 Å². The van der Waals surface area contributed by atoms with Crippen molar-refractivity contribution < 1.29 is 17.9 Å². The first kappa shape index (κ1) is 15.9. The smallest absolute Gasteiger partial charge is 0.406 e. The molecule has 0 fully saturated rings. The Morgan fingerprint density at radius 2 is 1.62 bits per heavy atom. The summed E-state index contributed by atoms with van der Waals surface area (Å²) in [7, 11) is 0. The lowest BCUT2D eigenvalue weighted by Crippen LogP contribution is -2.17. The van der Waals surface area contributed by atoms with E-state index in [4.69, 9.17) is 28.9 Å². The Hall–Kier alpha value is -1.43. The largest absolute Gasteiger partial charge is 0.573 e. The van der Waals surface area contributed by atoms with Crippen LogP contribution >= 0.6 is 23.2 Å². The summed E-state index contributed by atoms with van der Waals surface area (Å²) in [6.07, 6.45) is -4.72. The molecule has 0 heterocycles. The van der Waals surface area contributed by atoms with Gasteiger partial charge in [0.2, 0.25) is 0 Å². The third-order valence-electron chi connectivity index (χ3n) is 2.77. The van der Waals surface area contributed by atoms with Crippen molar-refractivity contribution in [1.82, 2.24) is 0 Å². The van der Waals surface area contributed by atoms with Gasteiger partial charge in [0.05, 0.1) is 6.04 Å². The van der Waals surface area contributed by atoms with Crippen molar-refractivity contribution in [3.63, 3.8) is 0 Å². The molecular formula is C14H10Cl2F3NO. The van der Waals surface area contributed by atoms with Gasteiger partial charge in [-0.25, -0.2) is 0 Å².